The molecule has 22 heavy (non-hydrogen) atoms. The minimum absolute atomic E-state index is 0.0123. The van der Waals surface area contributed by atoms with Crippen LogP contribution in [-0.4, -0.2) is 70.4 Å². The van der Waals surface area contributed by atoms with E-state index in [0.29, 0.717) is 0 Å². The molecule has 0 unspecified atom stereocenters. The van der Waals surface area contributed by atoms with Crippen LogP contribution in [0.4, 0.5) is 0 Å². The molecular weight excluding hydrogens is 286 g/mol. The predicted octanol–water partition coefficient (Wildman–Crippen LogP) is 0.251. The van der Waals surface area contributed by atoms with Crippen LogP contribution in [-0.2, 0) is 19.2 Å². The predicted molar refractivity (Wildman–Crippen MR) is 79.4 cm³/mol. The summed E-state index contributed by atoms with van der Waals surface area (Å²) in [4.78, 5) is 46.1. The molecule has 7 heteroatoms. The van der Waals surface area contributed by atoms with E-state index in [4.69, 9.17) is 4.84 Å². The summed E-state index contributed by atoms with van der Waals surface area (Å²) in [7, 11) is 3.04. The molecule has 2 saturated heterocycles. The lowest BCUT2D eigenvalue weighted by atomic mass is 9.82. The number of amides is 3. The van der Waals surface area contributed by atoms with Crippen LogP contribution < -0.4 is 0 Å². The molecule has 0 aliphatic carbocycles. The second-order valence-electron chi connectivity index (χ2n) is 6.78. The first-order valence-electron chi connectivity index (χ1n) is 7.59. The topological polar surface area (TPSA) is 70.2 Å². The van der Waals surface area contributed by atoms with Crippen LogP contribution in [0.2, 0.25) is 0 Å². The van der Waals surface area contributed by atoms with Gasteiger partial charge in [0.1, 0.15) is 11.5 Å². The second kappa shape index (κ2) is 5.31. The Morgan fingerprint density at radius 3 is 2.09 bits per heavy atom. The maximum absolute atomic E-state index is 13.2. The number of likely N-dealkylation sites (N-methyl/N-ethyl adjacent to an activating group) is 2. The molecule has 0 aromatic rings. The van der Waals surface area contributed by atoms with Gasteiger partial charge in [-0.1, -0.05) is 0 Å². The summed E-state index contributed by atoms with van der Waals surface area (Å²) < 4.78 is 0. The van der Waals surface area contributed by atoms with Gasteiger partial charge in [-0.3, -0.25) is 24.1 Å². The molecule has 0 saturated carbocycles. The molecule has 124 valence electrons. The van der Waals surface area contributed by atoms with Crippen LogP contribution in [0.5, 0.6) is 0 Å². The zero-order valence-corrected chi connectivity index (χ0v) is 14.3. The average Bonchev–Trinajstić information content (AvgIpc) is 2.79. The van der Waals surface area contributed by atoms with Crippen molar-refractivity contribution in [1.82, 2.24) is 14.9 Å². The molecule has 0 aromatic carbocycles. The number of carbonyl (C=O) groups excluding carboxylic acids is 3. The van der Waals surface area contributed by atoms with E-state index in [9.17, 15) is 14.4 Å². The van der Waals surface area contributed by atoms with Crippen LogP contribution in [0.25, 0.3) is 0 Å². The van der Waals surface area contributed by atoms with E-state index in [1.54, 1.807) is 18.9 Å². The molecule has 0 aromatic heterocycles. The SMILES string of the molecule is CC(C)N(C(=O)[C@]1(C)[C@H]2C(=O)N(C)C(=O)[C@H]2ON1C)C(C)C. The van der Waals surface area contributed by atoms with E-state index in [1.165, 1.54) is 12.1 Å². The number of likely N-dealkylation sites (tertiary alicyclic amines) is 1. The smallest absolute Gasteiger partial charge is 0.261 e. The van der Waals surface area contributed by atoms with E-state index < -0.39 is 17.6 Å². The number of carbonyl (C=O) groups is 3. The minimum Gasteiger partial charge on any atom is -0.336 e. The Bertz CT molecular complexity index is 511. The summed E-state index contributed by atoms with van der Waals surface area (Å²) in [6, 6.07) is -0.0246. The fraction of sp³-hybridized carbons (Fsp3) is 0.800. The number of fused-ring (bicyclic) bond motifs is 1. The Morgan fingerprint density at radius 2 is 1.64 bits per heavy atom. The molecule has 3 atom stereocenters. The summed E-state index contributed by atoms with van der Waals surface area (Å²) in [5, 5.41) is 1.38. The number of hydrogen-bond donors (Lipinski definition) is 0. The van der Waals surface area contributed by atoms with E-state index in [0.717, 1.165) is 4.90 Å². The van der Waals surface area contributed by atoms with Gasteiger partial charge in [-0.05, 0) is 34.6 Å². The molecule has 0 bridgehead atoms. The lowest BCUT2D eigenvalue weighted by Crippen LogP contribution is -2.61. The largest absolute Gasteiger partial charge is 0.336 e. The van der Waals surface area contributed by atoms with Crippen molar-refractivity contribution in [1.29, 1.82) is 0 Å². The van der Waals surface area contributed by atoms with Gasteiger partial charge in [-0.2, -0.15) is 5.06 Å². The van der Waals surface area contributed by atoms with Crippen molar-refractivity contribution in [2.75, 3.05) is 14.1 Å². The Labute approximate surface area is 131 Å². The van der Waals surface area contributed by atoms with Crippen molar-refractivity contribution in [2.45, 2.75) is 58.3 Å². The third kappa shape index (κ3) is 2.06. The van der Waals surface area contributed by atoms with Gasteiger partial charge in [0.2, 0.25) is 11.8 Å². The molecular formula is C15H25N3O4. The number of hydrogen-bond acceptors (Lipinski definition) is 5. The quantitative estimate of drug-likeness (QED) is 0.699. The summed E-state index contributed by atoms with van der Waals surface area (Å²) in [5.74, 6) is -1.74. The highest BCUT2D eigenvalue weighted by molar-refractivity contribution is 6.10. The monoisotopic (exact) mass is 311 g/mol. The van der Waals surface area contributed by atoms with Crippen molar-refractivity contribution in [3.8, 4) is 0 Å². The fourth-order valence-electron chi connectivity index (χ4n) is 3.49. The van der Waals surface area contributed by atoms with Gasteiger partial charge < -0.3 is 4.90 Å². The van der Waals surface area contributed by atoms with E-state index >= 15 is 0 Å². The second-order valence-corrected chi connectivity index (χ2v) is 6.78. The van der Waals surface area contributed by atoms with Gasteiger partial charge in [0.05, 0.1) is 0 Å². The van der Waals surface area contributed by atoms with Gasteiger partial charge >= 0.3 is 0 Å². The molecule has 0 radical (unpaired) electrons. The zero-order chi connectivity index (χ0) is 17.0. The van der Waals surface area contributed by atoms with Crippen molar-refractivity contribution in [2.24, 2.45) is 5.92 Å². The standard InChI is InChI=1S/C15H25N3O4/c1-8(2)18(9(3)4)14(21)15(5)10-11(22-17(15)7)13(20)16(6)12(10)19/h8-11H,1-7H3/t10-,11+,15+/m1/s1. The first-order chi connectivity index (χ1) is 10.0. The van der Waals surface area contributed by atoms with Gasteiger partial charge in [0.15, 0.2) is 6.10 Å². The highest BCUT2D eigenvalue weighted by atomic mass is 16.7. The molecule has 2 fully saturated rings. The minimum atomic E-state index is -1.18. The third-order valence-electron chi connectivity index (χ3n) is 4.78. The maximum Gasteiger partial charge on any atom is 0.261 e. The van der Waals surface area contributed by atoms with Crippen molar-refractivity contribution >= 4 is 17.7 Å². The lowest BCUT2D eigenvalue weighted by Gasteiger charge is -2.40. The van der Waals surface area contributed by atoms with Gasteiger partial charge in [0, 0.05) is 26.2 Å². The van der Waals surface area contributed by atoms with E-state index in [2.05, 4.69) is 0 Å². The Balaban J connectivity index is 2.45. The van der Waals surface area contributed by atoms with Crippen LogP contribution in [0.1, 0.15) is 34.6 Å². The highest BCUT2D eigenvalue weighted by Crippen LogP contribution is 2.43. The molecule has 7 nitrogen and oxygen atoms in total. The van der Waals surface area contributed by atoms with Crippen LogP contribution >= 0.6 is 0 Å². The summed E-state index contributed by atoms with van der Waals surface area (Å²) in [6.07, 6.45) is -0.905. The maximum atomic E-state index is 13.2. The number of hydroxylamine groups is 2. The fourth-order valence-corrected chi connectivity index (χ4v) is 3.49. The van der Waals surface area contributed by atoms with Gasteiger partial charge in [-0.15, -0.1) is 0 Å². The first kappa shape index (κ1) is 16.9. The Kier molecular flexibility index (Phi) is 4.08. The van der Waals surface area contributed by atoms with Crippen molar-refractivity contribution in [3.05, 3.63) is 0 Å². The van der Waals surface area contributed by atoms with Gasteiger partial charge in [0.25, 0.3) is 5.91 Å². The summed E-state index contributed by atoms with van der Waals surface area (Å²) in [5.41, 5.74) is -1.18. The Hall–Kier alpha value is -1.47. The molecule has 2 rings (SSSR count). The van der Waals surface area contributed by atoms with Crippen LogP contribution in [0, 0.1) is 5.92 Å². The van der Waals surface area contributed by atoms with Gasteiger partial charge in [-0.25, -0.2) is 0 Å². The van der Waals surface area contributed by atoms with E-state index in [-0.39, 0.29) is 29.8 Å². The molecule has 2 heterocycles. The highest BCUT2D eigenvalue weighted by Gasteiger charge is 2.67. The normalized spacial score (nSPS) is 32.3. The molecule has 0 spiro atoms. The summed E-state index contributed by atoms with van der Waals surface area (Å²) in [6.45, 7) is 9.41. The summed E-state index contributed by atoms with van der Waals surface area (Å²) >= 11 is 0. The lowest BCUT2D eigenvalue weighted by molar-refractivity contribution is -0.191. The molecule has 2 aliphatic heterocycles. The van der Waals surface area contributed by atoms with Crippen molar-refractivity contribution < 1.29 is 19.2 Å². The van der Waals surface area contributed by atoms with Crippen molar-refractivity contribution in [3.63, 3.8) is 0 Å². The first-order valence-corrected chi connectivity index (χ1v) is 7.59. The third-order valence-corrected chi connectivity index (χ3v) is 4.78. The van der Waals surface area contributed by atoms with Crippen LogP contribution in [0.3, 0.4) is 0 Å². The number of rotatable bonds is 3. The van der Waals surface area contributed by atoms with E-state index in [1.807, 2.05) is 27.7 Å². The zero-order valence-electron chi connectivity index (χ0n) is 14.3. The Morgan fingerprint density at radius 1 is 1.14 bits per heavy atom. The molecule has 2 aliphatic rings. The van der Waals surface area contributed by atoms with Crippen LogP contribution in [0.15, 0.2) is 0 Å². The molecule has 0 N–H and O–H groups in total. The molecule has 3 amide bonds. The number of imide groups is 1. The average molecular weight is 311 g/mol. The number of nitrogens with zero attached hydrogens (tertiary/aromatic N) is 3.